The summed E-state index contributed by atoms with van der Waals surface area (Å²) in [5.74, 6) is -8.78. The van der Waals surface area contributed by atoms with E-state index in [4.69, 9.17) is 16.3 Å². The highest BCUT2D eigenvalue weighted by atomic mass is 35.5. The van der Waals surface area contributed by atoms with Crippen molar-refractivity contribution in [3.05, 3.63) is 34.3 Å². The summed E-state index contributed by atoms with van der Waals surface area (Å²) in [4.78, 5) is 189. The maximum Gasteiger partial charge on any atom is 0.417 e. The zero-order valence-corrected chi connectivity index (χ0v) is 59.6. The second-order valence-corrected chi connectivity index (χ2v) is 28.6. The summed E-state index contributed by atoms with van der Waals surface area (Å²) in [5, 5.41) is 8.08. The van der Waals surface area contributed by atoms with Crippen LogP contribution in [0.3, 0.4) is 0 Å². The number of likely N-dealkylation sites (N-methyl/N-ethyl adjacent to an activating group) is 7. The number of halogens is 4. The maximum absolute atomic E-state index is 15.7. The fraction of sp³-hybridized carbons (Fsp3) is 0.739. The van der Waals surface area contributed by atoms with Gasteiger partial charge in [0.1, 0.15) is 47.8 Å². The lowest BCUT2D eigenvalue weighted by Crippen LogP contribution is -2.65. The molecular weight excluding hydrogens is 1300 g/mol. The van der Waals surface area contributed by atoms with Crippen LogP contribution in [0, 0.1) is 17.8 Å². The number of hydrogen-bond donors (Lipinski definition) is 3. The molecule has 12 amide bonds. The first-order valence-corrected chi connectivity index (χ1v) is 35.5. The highest BCUT2D eigenvalue weighted by molar-refractivity contribution is 6.31. The normalized spacial score (nSPS) is 27.1. The van der Waals surface area contributed by atoms with E-state index < -0.39 is 173 Å². The molecule has 3 aliphatic carbocycles. The van der Waals surface area contributed by atoms with Crippen molar-refractivity contribution < 1.29 is 75.4 Å². The quantitative estimate of drug-likeness (QED) is 0.296. The summed E-state index contributed by atoms with van der Waals surface area (Å²) in [6.07, 6.45) is 3.62. The molecule has 0 bridgehead atoms. The zero-order chi connectivity index (χ0) is 72.1. The molecule has 3 aliphatic heterocycles. The summed E-state index contributed by atoms with van der Waals surface area (Å²) >= 11 is 6.15. The number of carbonyl (C=O) groups excluding carboxylic acids is 12. The Labute approximate surface area is 579 Å². The third-order valence-corrected chi connectivity index (χ3v) is 21.8. The molecular formula is C69H104ClF3N12O13. The second-order valence-electron chi connectivity index (χ2n) is 28.2. The SMILES string of the molecule is CC[C@H](C)[C@@H]1NC(=O)[C@H](CC)N(C)C(=O)C[C@@H](C(=O)N2CCOCC2)N(C)C(=O)[C@H](C2CCCCC2)N(C)C(=O)C2(CCCC2)NC(=O)[C@@H]2CCCN2C(=O)[C@H](CCc2ccc(C(F)(F)F)c(Cl)c2)NC(=O)CN(C)C(=O)[C@H](CC2CCCC2)N(C)C(=O)CN(C)C(=O)CN(C)C1=O. The molecule has 3 saturated carbocycles. The molecule has 3 saturated heterocycles. The van der Waals surface area contributed by atoms with Crippen molar-refractivity contribution >= 4 is 82.5 Å². The number of ether oxygens (including phenoxy) is 1. The summed E-state index contributed by atoms with van der Waals surface area (Å²) in [5.41, 5.74) is -2.35. The number of fused-ring (bicyclic) bond motifs is 1. The van der Waals surface area contributed by atoms with Crippen molar-refractivity contribution in [2.75, 3.05) is 102 Å². The molecule has 0 aromatic heterocycles. The van der Waals surface area contributed by atoms with Crippen LogP contribution < -0.4 is 16.0 Å². The summed E-state index contributed by atoms with van der Waals surface area (Å²) in [7, 11) is 9.86. The molecule has 0 unspecified atom stereocenters. The molecule has 8 atom stereocenters. The molecule has 1 spiro atoms. The number of benzene rings is 1. The van der Waals surface area contributed by atoms with Crippen LogP contribution in [0.25, 0.3) is 0 Å². The van der Waals surface area contributed by atoms with E-state index in [1.54, 1.807) is 13.8 Å². The van der Waals surface area contributed by atoms with Crippen LogP contribution in [-0.4, -0.2) is 265 Å². The minimum Gasteiger partial charge on any atom is -0.378 e. The number of hydrogen-bond acceptors (Lipinski definition) is 13. The monoisotopic (exact) mass is 1400 g/mol. The predicted molar refractivity (Wildman–Crippen MR) is 357 cm³/mol. The first-order chi connectivity index (χ1) is 46.3. The van der Waals surface area contributed by atoms with Gasteiger partial charge in [-0.1, -0.05) is 103 Å². The van der Waals surface area contributed by atoms with E-state index in [2.05, 4.69) is 16.0 Å². The third kappa shape index (κ3) is 19.0. The average Bonchev–Trinajstić information content (AvgIpc) is 1.45. The number of rotatable bonds is 10. The highest BCUT2D eigenvalue weighted by Crippen LogP contribution is 2.38. The van der Waals surface area contributed by atoms with Gasteiger partial charge in [0.25, 0.3) is 0 Å². The van der Waals surface area contributed by atoms with Crippen LogP contribution in [0.5, 0.6) is 0 Å². The van der Waals surface area contributed by atoms with Gasteiger partial charge in [-0.15, -0.1) is 0 Å². The minimum absolute atomic E-state index is 0.0286. The van der Waals surface area contributed by atoms with Gasteiger partial charge in [0.15, 0.2) is 0 Å². The summed E-state index contributed by atoms with van der Waals surface area (Å²) in [6, 6.07) is -5.62. The Morgan fingerprint density at radius 2 is 1.27 bits per heavy atom. The first kappa shape index (κ1) is 78.2. The standard InChI is InChI=1S/C69H104ClF3N12O13/c1-11-43(3)58-65(95)79(6)41-56(88)77(4)42-57(89)81(8)52(38-44-21-16-17-22-44)63(93)78(5)40-54(86)74-49(29-27-45-26-28-47(48(70)37-45)69(71,72)73)62(92)85-32-20-25-51(85)61(91)76-68(30-18-19-31-68)67(97)83(10)59(46-23-14-13-15-24-46)66(96)82(9)53(64(94)84-33-35-98-36-34-84)39-55(87)80(7)50(12-2)60(90)75-58/h26,28,37,43-44,46,49-53,58-59H,11-25,27,29-36,38-42H2,1-10H3,(H,74,86)(H,75,90)(H,76,91)/t43-,49-,50-,51-,52-,53-,58-,59-/m0/s1. The molecule has 1 aromatic rings. The van der Waals surface area contributed by atoms with Gasteiger partial charge in [0.05, 0.1) is 49.9 Å². The van der Waals surface area contributed by atoms with Crippen molar-refractivity contribution in [2.45, 2.75) is 210 Å². The lowest BCUT2D eigenvalue weighted by molar-refractivity contribution is -0.158. The van der Waals surface area contributed by atoms with Gasteiger partial charge >= 0.3 is 6.18 Å². The van der Waals surface area contributed by atoms with E-state index in [1.165, 1.54) is 84.8 Å². The Hall–Kier alpha value is -7.10. The average molecular weight is 1400 g/mol. The molecule has 1 aromatic carbocycles. The second kappa shape index (κ2) is 34.8. The van der Waals surface area contributed by atoms with Crippen LogP contribution in [0.1, 0.15) is 160 Å². The molecule has 6 fully saturated rings. The molecule has 3 N–H and O–H groups in total. The number of morpholine rings is 1. The van der Waals surface area contributed by atoms with Gasteiger partial charge in [-0.05, 0) is 99.7 Å². The third-order valence-electron chi connectivity index (χ3n) is 21.4. The van der Waals surface area contributed by atoms with Crippen molar-refractivity contribution in [3.8, 4) is 0 Å². The molecule has 25 nitrogen and oxygen atoms in total. The number of alkyl halides is 3. The van der Waals surface area contributed by atoms with Crippen LogP contribution in [0.2, 0.25) is 5.02 Å². The van der Waals surface area contributed by atoms with Gasteiger partial charge in [0, 0.05) is 69.0 Å². The maximum atomic E-state index is 15.7. The van der Waals surface area contributed by atoms with Gasteiger partial charge in [-0.2, -0.15) is 13.2 Å². The molecule has 3 heterocycles. The number of aryl methyl sites for hydroxylation is 1. The van der Waals surface area contributed by atoms with Crippen LogP contribution in [0.15, 0.2) is 18.2 Å². The molecule has 98 heavy (non-hydrogen) atoms. The molecule has 0 radical (unpaired) electrons. The van der Waals surface area contributed by atoms with Gasteiger partial charge < -0.3 is 64.8 Å². The molecule has 29 heteroatoms. The Balaban J connectivity index is 1.27. The van der Waals surface area contributed by atoms with E-state index in [9.17, 15) is 51.5 Å². The molecule has 7 rings (SSSR count). The van der Waals surface area contributed by atoms with Gasteiger partial charge in [0.2, 0.25) is 70.9 Å². The topological polar surface area (TPSA) is 279 Å². The Morgan fingerprint density at radius 3 is 1.88 bits per heavy atom. The molecule has 546 valence electrons. The van der Waals surface area contributed by atoms with Crippen LogP contribution >= 0.6 is 11.6 Å². The van der Waals surface area contributed by atoms with E-state index in [0.29, 0.717) is 44.1 Å². The lowest BCUT2D eigenvalue weighted by Gasteiger charge is -2.43. The van der Waals surface area contributed by atoms with Crippen molar-refractivity contribution in [1.82, 2.24) is 60.0 Å². The number of carbonyl (C=O) groups is 12. The molecule has 6 aliphatic rings. The smallest absolute Gasteiger partial charge is 0.378 e. The van der Waals surface area contributed by atoms with Crippen LogP contribution in [-0.2, 0) is 74.9 Å². The zero-order valence-electron chi connectivity index (χ0n) is 58.9. The largest absolute Gasteiger partial charge is 0.417 e. The van der Waals surface area contributed by atoms with Crippen molar-refractivity contribution in [2.24, 2.45) is 17.8 Å². The van der Waals surface area contributed by atoms with E-state index >= 15 is 19.2 Å². The minimum atomic E-state index is -4.76. The Morgan fingerprint density at radius 1 is 0.653 bits per heavy atom. The summed E-state index contributed by atoms with van der Waals surface area (Å²) in [6.45, 7) is 4.29. The van der Waals surface area contributed by atoms with Gasteiger partial charge in [-0.3, -0.25) is 57.5 Å². The van der Waals surface area contributed by atoms with E-state index in [1.807, 2.05) is 6.92 Å². The van der Waals surface area contributed by atoms with Gasteiger partial charge in [-0.25, -0.2) is 0 Å². The van der Waals surface area contributed by atoms with Crippen LogP contribution in [0.4, 0.5) is 13.2 Å². The number of amides is 12. The summed E-state index contributed by atoms with van der Waals surface area (Å²) < 4.78 is 47.1. The fourth-order valence-corrected chi connectivity index (χ4v) is 15.4. The van der Waals surface area contributed by atoms with Crippen molar-refractivity contribution in [1.29, 1.82) is 0 Å². The van der Waals surface area contributed by atoms with E-state index in [-0.39, 0.29) is 83.7 Å². The van der Waals surface area contributed by atoms with Crippen molar-refractivity contribution in [3.63, 3.8) is 0 Å². The Bertz CT molecular complexity index is 3060. The number of nitrogens with one attached hydrogen (secondary N) is 3. The highest BCUT2D eigenvalue weighted by Gasteiger charge is 2.51. The fourth-order valence-electron chi connectivity index (χ4n) is 15.1. The van der Waals surface area contributed by atoms with E-state index in [0.717, 1.165) is 71.8 Å². The Kier molecular flexibility index (Phi) is 27.8. The predicted octanol–water partition coefficient (Wildman–Crippen LogP) is 4.24. The lowest BCUT2D eigenvalue weighted by atomic mass is 9.81. The first-order valence-electron chi connectivity index (χ1n) is 35.1. The number of nitrogens with zero attached hydrogens (tertiary/aromatic N) is 9.